The average Bonchev–Trinajstić information content (AvgIpc) is 2.73. The lowest BCUT2D eigenvalue weighted by molar-refractivity contribution is 0.693. The quantitative estimate of drug-likeness (QED) is 0.904. The maximum absolute atomic E-state index is 5.88. The summed E-state index contributed by atoms with van der Waals surface area (Å²) in [5.74, 6) is 0.316. The largest absolute Gasteiger partial charge is 0.330 e. The molecule has 1 atom stereocenters. The summed E-state index contributed by atoms with van der Waals surface area (Å²) in [5, 5.41) is 4.92. The van der Waals surface area contributed by atoms with E-state index in [0.29, 0.717) is 12.5 Å². The van der Waals surface area contributed by atoms with E-state index < -0.39 is 0 Å². The van der Waals surface area contributed by atoms with Gasteiger partial charge in [0.2, 0.25) is 0 Å². The van der Waals surface area contributed by atoms with Crippen molar-refractivity contribution >= 4 is 11.6 Å². The standard InChI is InChI=1S/C13H16ClN3/c1-17-9-10(8-16-17)6-12(7-15)11-2-4-13(14)5-3-11/h2-5,8-9,12H,6-7,15H2,1H3. The van der Waals surface area contributed by atoms with Gasteiger partial charge in [0.15, 0.2) is 0 Å². The Balaban J connectivity index is 2.13. The van der Waals surface area contributed by atoms with Crippen molar-refractivity contribution < 1.29 is 0 Å². The average molecular weight is 250 g/mol. The van der Waals surface area contributed by atoms with Gasteiger partial charge in [0, 0.05) is 24.2 Å². The van der Waals surface area contributed by atoms with Crippen LogP contribution in [0.4, 0.5) is 0 Å². The van der Waals surface area contributed by atoms with Crippen LogP contribution in [-0.4, -0.2) is 16.3 Å². The van der Waals surface area contributed by atoms with Crippen LogP contribution in [-0.2, 0) is 13.5 Å². The van der Waals surface area contributed by atoms with Crippen molar-refractivity contribution in [3.8, 4) is 0 Å². The number of halogens is 1. The summed E-state index contributed by atoms with van der Waals surface area (Å²) in [6.45, 7) is 0.622. The number of aromatic nitrogens is 2. The number of hydrogen-bond acceptors (Lipinski definition) is 2. The van der Waals surface area contributed by atoms with Gasteiger partial charge in [0.25, 0.3) is 0 Å². The Labute approximate surface area is 106 Å². The zero-order chi connectivity index (χ0) is 12.3. The number of benzene rings is 1. The lowest BCUT2D eigenvalue weighted by Gasteiger charge is -2.14. The first kappa shape index (κ1) is 12.1. The molecule has 2 aromatic rings. The molecule has 1 heterocycles. The molecule has 17 heavy (non-hydrogen) atoms. The Morgan fingerprint density at radius 1 is 1.35 bits per heavy atom. The number of nitrogens with zero attached hydrogens (tertiary/aromatic N) is 2. The molecule has 1 unspecified atom stereocenters. The minimum Gasteiger partial charge on any atom is -0.330 e. The molecule has 0 spiro atoms. The normalized spacial score (nSPS) is 12.6. The predicted molar refractivity (Wildman–Crippen MR) is 70.2 cm³/mol. The van der Waals surface area contributed by atoms with Gasteiger partial charge in [-0.3, -0.25) is 4.68 Å². The summed E-state index contributed by atoms with van der Waals surface area (Å²) in [4.78, 5) is 0. The van der Waals surface area contributed by atoms with Gasteiger partial charge in [-0.05, 0) is 36.2 Å². The van der Waals surface area contributed by atoms with Crippen LogP contribution < -0.4 is 5.73 Å². The second kappa shape index (κ2) is 5.34. The van der Waals surface area contributed by atoms with Crippen molar-refractivity contribution in [1.82, 2.24) is 9.78 Å². The second-order valence-electron chi connectivity index (χ2n) is 4.21. The fourth-order valence-corrected chi connectivity index (χ4v) is 2.06. The molecular formula is C13H16ClN3. The van der Waals surface area contributed by atoms with E-state index in [4.69, 9.17) is 17.3 Å². The van der Waals surface area contributed by atoms with E-state index in [-0.39, 0.29) is 0 Å². The van der Waals surface area contributed by atoms with Gasteiger partial charge >= 0.3 is 0 Å². The zero-order valence-electron chi connectivity index (χ0n) is 9.81. The van der Waals surface area contributed by atoms with Gasteiger partial charge in [0.1, 0.15) is 0 Å². The first-order valence-electron chi connectivity index (χ1n) is 5.62. The molecule has 1 aromatic heterocycles. The molecule has 2 rings (SSSR count). The van der Waals surface area contributed by atoms with Crippen molar-refractivity contribution in [3.05, 3.63) is 52.8 Å². The van der Waals surface area contributed by atoms with Gasteiger partial charge in [-0.25, -0.2) is 0 Å². The minimum absolute atomic E-state index is 0.316. The topological polar surface area (TPSA) is 43.8 Å². The molecule has 1 aromatic carbocycles. The number of hydrogen-bond donors (Lipinski definition) is 1. The molecule has 0 aliphatic rings. The van der Waals surface area contributed by atoms with E-state index >= 15 is 0 Å². The van der Waals surface area contributed by atoms with Crippen LogP contribution in [0.25, 0.3) is 0 Å². The molecule has 0 saturated carbocycles. The van der Waals surface area contributed by atoms with Crippen molar-refractivity contribution in [2.24, 2.45) is 12.8 Å². The molecule has 0 fully saturated rings. The highest BCUT2D eigenvalue weighted by Gasteiger charge is 2.11. The van der Waals surface area contributed by atoms with Crippen LogP contribution in [0.15, 0.2) is 36.7 Å². The first-order valence-corrected chi connectivity index (χ1v) is 6.00. The van der Waals surface area contributed by atoms with Crippen LogP contribution in [0.2, 0.25) is 5.02 Å². The third kappa shape index (κ3) is 3.08. The highest BCUT2D eigenvalue weighted by molar-refractivity contribution is 6.30. The van der Waals surface area contributed by atoms with E-state index in [1.54, 1.807) is 0 Å². The second-order valence-corrected chi connectivity index (χ2v) is 4.65. The molecule has 0 amide bonds. The molecule has 3 nitrogen and oxygen atoms in total. The van der Waals surface area contributed by atoms with Gasteiger partial charge in [-0.2, -0.15) is 5.10 Å². The number of rotatable bonds is 4. The summed E-state index contributed by atoms with van der Waals surface area (Å²) in [6, 6.07) is 7.89. The highest BCUT2D eigenvalue weighted by Crippen LogP contribution is 2.21. The lowest BCUT2D eigenvalue weighted by Crippen LogP contribution is -2.14. The fraction of sp³-hybridized carbons (Fsp3) is 0.308. The molecule has 0 saturated heterocycles. The smallest absolute Gasteiger partial charge is 0.0521 e. The maximum Gasteiger partial charge on any atom is 0.0521 e. The number of aryl methyl sites for hydroxylation is 1. The van der Waals surface area contributed by atoms with Crippen molar-refractivity contribution in [2.75, 3.05) is 6.54 Å². The fourth-order valence-electron chi connectivity index (χ4n) is 1.93. The van der Waals surface area contributed by atoms with Gasteiger partial charge < -0.3 is 5.73 Å². The van der Waals surface area contributed by atoms with Crippen LogP contribution in [0.3, 0.4) is 0 Å². The molecule has 0 bridgehead atoms. The maximum atomic E-state index is 5.88. The molecule has 4 heteroatoms. The lowest BCUT2D eigenvalue weighted by atomic mass is 9.93. The monoisotopic (exact) mass is 249 g/mol. The van der Waals surface area contributed by atoms with Gasteiger partial charge in [-0.15, -0.1) is 0 Å². The van der Waals surface area contributed by atoms with Crippen molar-refractivity contribution in [3.63, 3.8) is 0 Å². The summed E-state index contributed by atoms with van der Waals surface area (Å²) < 4.78 is 1.81. The third-order valence-electron chi connectivity index (χ3n) is 2.87. The van der Waals surface area contributed by atoms with Crippen molar-refractivity contribution in [2.45, 2.75) is 12.3 Å². The number of nitrogens with two attached hydrogens (primary N) is 1. The Morgan fingerprint density at radius 2 is 2.06 bits per heavy atom. The molecule has 0 radical (unpaired) electrons. The van der Waals surface area contributed by atoms with Crippen LogP contribution in [0, 0.1) is 0 Å². The van der Waals surface area contributed by atoms with Crippen LogP contribution in [0.1, 0.15) is 17.0 Å². The van der Waals surface area contributed by atoms with E-state index in [1.165, 1.54) is 11.1 Å². The van der Waals surface area contributed by atoms with Crippen LogP contribution >= 0.6 is 11.6 Å². The molecule has 0 aliphatic heterocycles. The molecule has 90 valence electrons. The van der Waals surface area contributed by atoms with Gasteiger partial charge in [-0.1, -0.05) is 23.7 Å². The summed E-state index contributed by atoms with van der Waals surface area (Å²) in [7, 11) is 1.92. The predicted octanol–water partition coefficient (Wildman–Crippen LogP) is 2.36. The SMILES string of the molecule is Cn1cc(CC(CN)c2ccc(Cl)cc2)cn1. The van der Waals surface area contributed by atoms with E-state index in [2.05, 4.69) is 5.10 Å². The first-order chi connectivity index (χ1) is 8.19. The minimum atomic E-state index is 0.316. The van der Waals surface area contributed by atoms with E-state index in [1.807, 2.05) is 48.4 Å². The summed E-state index contributed by atoms with van der Waals surface area (Å²) in [5.41, 5.74) is 8.27. The Hall–Kier alpha value is -1.32. The Bertz CT molecular complexity index is 476. The highest BCUT2D eigenvalue weighted by atomic mass is 35.5. The van der Waals surface area contributed by atoms with Gasteiger partial charge in [0.05, 0.1) is 6.20 Å². The van der Waals surface area contributed by atoms with Crippen molar-refractivity contribution in [1.29, 1.82) is 0 Å². The Morgan fingerprint density at radius 3 is 2.59 bits per heavy atom. The molecular weight excluding hydrogens is 234 g/mol. The summed E-state index contributed by atoms with van der Waals surface area (Å²) >= 11 is 5.88. The molecule has 0 aliphatic carbocycles. The van der Waals surface area contributed by atoms with E-state index in [9.17, 15) is 0 Å². The Kier molecular flexibility index (Phi) is 3.82. The zero-order valence-corrected chi connectivity index (χ0v) is 10.6. The third-order valence-corrected chi connectivity index (χ3v) is 3.12. The van der Waals surface area contributed by atoms with E-state index in [0.717, 1.165) is 11.4 Å². The summed E-state index contributed by atoms with van der Waals surface area (Å²) in [6.07, 6.45) is 4.82. The van der Waals surface area contributed by atoms with Crippen LogP contribution in [0.5, 0.6) is 0 Å². The molecule has 2 N–H and O–H groups in total.